The van der Waals surface area contributed by atoms with Gasteiger partial charge in [0.2, 0.25) is 0 Å². The van der Waals surface area contributed by atoms with E-state index < -0.39 is 35.8 Å². The number of anilines is 3. The third-order valence-electron chi connectivity index (χ3n) is 9.99. The molecule has 15 nitrogen and oxygen atoms in total. The summed E-state index contributed by atoms with van der Waals surface area (Å²) in [5.74, 6) is -2.95. The van der Waals surface area contributed by atoms with E-state index in [1.165, 1.54) is 18.2 Å². The first-order valence-electron chi connectivity index (χ1n) is 19.8. The van der Waals surface area contributed by atoms with E-state index in [0.717, 1.165) is 11.4 Å². The molecule has 0 bridgehead atoms. The number of allylic oxidation sites excluding steroid dienone is 2. The van der Waals surface area contributed by atoms with E-state index in [2.05, 4.69) is 0 Å². The van der Waals surface area contributed by atoms with Gasteiger partial charge in [0.05, 0.1) is 54.5 Å². The van der Waals surface area contributed by atoms with Crippen LogP contribution >= 0.6 is 0 Å². The molecule has 3 aromatic rings. The standard InChI is InChI=1S/C47H48N6O9/c1-5-59-47(58)40(30-50)24-35-8-14-42(15-9-35)52(3)19-21-61-46(57)39-25-38(26-44(27-39)62-53(4)43-16-10-34(11-17-43)23-37(29-49)32-55)45(56)60-20-18-51(2)41-12-6-33(7-13-41)22-36(28-48)31-54/h6-17,22-24,31-32,38-39,44H,5,18-21,25-27H2,1-4H3/b36-22+,37-23+,40-24+. The average molecular weight is 841 g/mol. The van der Waals surface area contributed by atoms with E-state index in [1.807, 2.05) is 66.4 Å². The van der Waals surface area contributed by atoms with Crippen molar-refractivity contribution in [3.8, 4) is 18.2 Å². The Morgan fingerprint density at radius 1 is 0.613 bits per heavy atom. The Labute approximate surface area is 361 Å². The molecule has 0 aromatic heterocycles. The number of carbonyl (C=O) groups is 5. The lowest BCUT2D eigenvalue weighted by Gasteiger charge is -2.35. The van der Waals surface area contributed by atoms with Gasteiger partial charge in [-0.1, -0.05) is 36.4 Å². The Bertz CT molecular complexity index is 2270. The molecule has 3 aromatic carbocycles. The van der Waals surface area contributed by atoms with E-state index in [1.54, 1.807) is 67.6 Å². The molecule has 0 saturated heterocycles. The van der Waals surface area contributed by atoms with Gasteiger partial charge in [-0.05, 0) is 97.5 Å². The summed E-state index contributed by atoms with van der Waals surface area (Å²) in [6, 6.07) is 26.9. The molecule has 1 saturated carbocycles. The molecule has 15 heteroatoms. The van der Waals surface area contributed by atoms with Gasteiger partial charge in [-0.3, -0.25) is 29.1 Å². The second-order valence-corrected chi connectivity index (χ2v) is 14.3. The topological polar surface area (TPSA) is 203 Å². The number of aldehydes is 2. The van der Waals surface area contributed by atoms with Crippen molar-refractivity contribution in [3.63, 3.8) is 0 Å². The molecule has 4 rings (SSSR count). The number of hydroxylamine groups is 1. The van der Waals surface area contributed by atoms with E-state index in [0.29, 0.717) is 54.5 Å². The third-order valence-corrected chi connectivity index (χ3v) is 9.99. The van der Waals surface area contributed by atoms with Gasteiger partial charge in [0.1, 0.15) is 37.0 Å². The Balaban J connectivity index is 1.39. The van der Waals surface area contributed by atoms with E-state index >= 15 is 0 Å². The fourth-order valence-electron chi connectivity index (χ4n) is 6.57. The molecule has 0 aliphatic heterocycles. The van der Waals surface area contributed by atoms with Gasteiger partial charge in [0, 0.05) is 32.5 Å². The summed E-state index contributed by atoms with van der Waals surface area (Å²) < 4.78 is 16.4. The van der Waals surface area contributed by atoms with Gasteiger partial charge in [-0.15, -0.1) is 0 Å². The molecule has 1 aliphatic carbocycles. The molecular formula is C47H48N6O9. The molecule has 62 heavy (non-hydrogen) atoms. The van der Waals surface area contributed by atoms with Crippen LogP contribution in [0.15, 0.2) is 89.5 Å². The second kappa shape index (κ2) is 23.9. The fourth-order valence-corrected chi connectivity index (χ4v) is 6.57. The van der Waals surface area contributed by atoms with Crippen LogP contribution in [0.4, 0.5) is 17.1 Å². The summed E-state index contributed by atoms with van der Waals surface area (Å²) in [5.41, 5.74) is 4.18. The quantitative estimate of drug-likeness (QED) is 0.0326. The molecule has 0 N–H and O–H groups in total. The molecule has 0 amide bonds. The van der Waals surface area contributed by atoms with Crippen LogP contribution in [0.1, 0.15) is 42.9 Å². The number of ether oxygens (including phenoxy) is 3. The van der Waals surface area contributed by atoms with E-state index in [-0.39, 0.29) is 49.4 Å². The molecule has 0 spiro atoms. The summed E-state index contributed by atoms with van der Waals surface area (Å²) in [7, 11) is 5.38. The summed E-state index contributed by atoms with van der Waals surface area (Å²) >= 11 is 0. The number of benzene rings is 3. The van der Waals surface area contributed by atoms with Crippen LogP contribution in [-0.4, -0.2) is 90.6 Å². The van der Waals surface area contributed by atoms with Crippen LogP contribution in [0, 0.1) is 45.8 Å². The average Bonchev–Trinajstić information content (AvgIpc) is 3.29. The number of rotatable bonds is 20. The maximum atomic E-state index is 13.6. The zero-order chi connectivity index (χ0) is 45.0. The Hall–Kier alpha value is -7.54. The fraction of sp³-hybridized carbons (Fsp3) is 0.319. The van der Waals surface area contributed by atoms with Crippen molar-refractivity contribution in [2.24, 2.45) is 11.8 Å². The predicted octanol–water partition coefficient (Wildman–Crippen LogP) is 5.88. The van der Waals surface area contributed by atoms with Crippen molar-refractivity contribution in [2.75, 3.05) is 68.9 Å². The predicted molar refractivity (Wildman–Crippen MR) is 231 cm³/mol. The lowest BCUT2D eigenvalue weighted by molar-refractivity contribution is -0.159. The van der Waals surface area contributed by atoms with Crippen molar-refractivity contribution in [1.29, 1.82) is 15.8 Å². The zero-order valence-corrected chi connectivity index (χ0v) is 35.1. The largest absolute Gasteiger partial charge is 0.464 e. The minimum absolute atomic E-state index is 0.0114. The summed E-state index contributed by atoms with van der Waals surface area (Å²) in [6.45, 7) is 2.68. The van der Waals surface area contributed by atoms with Crippen LogP contribution in [0.2, 0.25) is 0 Å². The smallest absolute Gasteiger partial charge is 0.348 e. The number of hydrogen-bond acceptors (Lipinski definition) is 15. The molecule has 3 unspecified atom stereocenters. The highest BCUT2D eigenvalue weighted by Crippen LogP contribution is 2.34. The number of esters is 3. The van der Waals surface area contributed by atoms with Gasteiger partial charge in [-0.25, -0.2) is 4.79 Å². The summed E-state index contributed by atoms with van der Waals surface area (Å²) in [6.07, 6.45) is 5.61. The normalized spacial score (nSPS) is 16.3. The van der Waals surface area contributed by atoms with Gasteiger partial charge < -0.3 is 24.0 Å². The Kier molecular flexibility index (Phi) is 18.2. The van der Waals surface area contributed by atoms with Crippen LogP contribution in [-0.2, 0) is 43.0 Å². The van der Waals surface area contributed by atoms with Crippen molar-refractivity contribution in [1.82, 2.24) is 0 Å². The van der Waals surface area contributed by atoms with Crippen LogP contribution in [0.25, 0.3) is 18.2 Å². The maximum absolute atomic E-state index is 13.6. The van der Waals surface area contributed by atoms with E-state index in [4.69, 9.17) is 29.6 Å². The number of likely N-dealkylation sites (N-methyl/N-ethyl adjacent to an activating group) is 2. The summed E-state index contributed by atoms with van der Waals surface area (Å²) in [5, 5.41) is 29.0. The molecule has 320 valence electrons. The van der Waals surface area contributed by atoms with Gasteiger partial charge in [-0.2, -0.15) is 15.8 Å². The molecule has 0 heterocycles. The highest BCUT2D eigenvalue weighted by Gasteiger charge is 2.39. The number of nitrogens with zero attached hydrogens (tertiary/aromatic N) is 6. The number of nitriles is 3. The van der Waals surface area contributed by atoms with Crippen molar-refractivity contribution < 1.29 is 43.0 Å². The molecule has 1 aliphatic rings. The van der Waals surface area contributed by atoms with Crippen LogP contribution in [0.3, 0.4) is 0 Å². The van der Waals surface area contributed by atoms with Gasteiger partial charge in [0.25, 0.3) is 0 Å². The molecule has 0 radical (unpaired) electrons. The minimum Gasteiger partial charge on any atom is -0.464 e. The number of hydrogen-bond donors (Lipinski definition) is 0. The molecular weight excluding hydrogens is 793 g/mol. The third kappa shape index (κ3) is 14.0. The number of carbonyl (C=O) groups excluding carboxylic acids is 5. The Morgan fingerprint density at radius 3 is 1.42 bits per heavy atom. The van der Waals surface area contributed by atoms with Crippen molar-refractivity contribution >= 4 is 65.8 Å². The zero-order valence-electron chi connectivity index (χ0n) is 35.1. The van der Waals surface area contributed by atoms with Crippen molar-refractivity contribution in [3.05, 3.63) is 106 Å². The monoisotopic (exact) mass is 840 g/mol. The first-order chi connectivity index (χ1) is 29.9. The van der Waals surface area contributed by atoms with Crippen LogP contribution < -0.4 is 14.9 Å². The van der Waals surface area contributed by atoms with Gasteiger partial charge in [0.15, 0.2) is 12.6 Å². The lowest BCUT2D eigenvalue weighted by atomic mass is 9.79. The lowest BCUT2D eigenvalue weighted by Crippen LogP contribution is -2.40. The van der Waals surface area contributed by atoms with E-state index in [9.17, 15) is 29.2 Å². The molecule has 1 fully saturated rings. The minimum atomic E-state index is -0.692. The first-order valence-corrected chi connectivity index (χ1v) is 19.8. The maximum Gasteiger partial charge on any atom is 0.348 e. The SMILES string of the molecule is CCOC(=O)/C(C#N)=C/c1ccc(N(C)CCOC(=O)C2CC(ON(C)c3ccc(/C=C(\C#N)C=O)cc3)CC(C(=O)OCCN(C)c3ccc(/C=C(\C#N)C=O)cc3)C2)cc1. The van der Waals surface area contributed by atoms with Crippen LogP contribution in [0.5, 0.6) is 0 Å². The Morgan fingerprint density at radius 2 is 1.03 bits per heavy atom. The first kappa shape index (κ1) is 47.1. The summed E-state index contributed by atoms with van der Waals surface area (Å²) in [4.78, 5) is 71.3. The highest BCUT2D eigenvalue weighted by atomic mass is 16.7. The van der Waals surface area contributed by atoms with Crippen molar-refractivity contribution in [2.45, 2.75) is 32.3 Å². The second-order valence-electron chi connectivity index (χ2n) is 14.3. The highest BCUT2D eigenvalue weighted by molar-refractivity contribution is 5.98. The molecule has 3 atom stereocenters. The van der Waals surface area contributed by atoms with Gasteiger partial charge >= 0.3 is 17.9 Å².